The number of para-hydroxylation sites is 1. The van der Waals surface area contributed by atoms with E-state index in [9.17, 15) is 0 Å². The van der Waals surface area contributed by atoms with Crippen LogP contribution in [0, 0.1) is 0 Å². The minimum absolute atomic E-state index is 0.195. The molecule has 0 saturated heterocycles. The second-order valence-corrected chi connectivity index (χ2v) is 13.1. The second kappa shape index (κ2) is 9.00. The van der Waals surface area contributed by atoms with Crippen molar-refractivity contribution in [3.8, 4) is 16.8 Å². The van der Waals surface area contributed by atoms with Crippen LogP contribution in [0.4, 0.5) is 5.69 Å². The van der Waals surface area contributed by atoms with Crippen molar-refractivity contribution < 1.29 is 0 Å². The van der Waals surface area contributed by atoms with Crippen LogP contribution in [0.15, 0.2) is 138 Å². The second-order valence-electron chi connectivity index (χ2n) is 12.0. The highest BCUT2D eigenvalue weighted by atomic mass is 32.1. The van der Waals surface area contributed by atoms with Gasteiger partial charge < -0.3 is 4.57 Å². The third-order valence-electron chi connectivity index (χ3n) is 9.18. The Hall–Kier alpha value is -4.99. The van der Waals surface area contributed by atoms with Crippen molar-refractivity contribution in [3.05, 3.63) is 145 Å². The van der Waals surface area contributed by atoms with Crippen molar-refractivity contribution >= 4 is 64.7 Å². The van der Waals surface area contributed by atoms with Crippen molar-refractivity contribution in [1.29, 1.82) is 0 Å². The van der Waals surface area contributed by atoms with Crippen LogP contribution in [0.3, 0.4) is 0 Å². The highest BCUT2D eigenvalue weighted by molar-refractivity contribution is 7.26. The van der Waals surface area contributed by atoms with Crippen LogP contribution in [0.5, 0.6) is 0 Å². The van der Waals surface area contributed by atoms with E-state index in [1.165, 1.54) is 69.9 Å². The number of fused-ring (bicyclic) bond motifs is 7. The lowest BCUT2D eigenvalue weighted by Crippen LogP contribution is -2.26. The summed E-state index contributed by atoms with van der Waals surface area (Å²) >= 11 is 1.88. The number of thiophene rings is 1. The molecule has 0 fully saturated rings. The highest BCUT2D eigenvalue weighted by Crippen LogP contribution is 2.46. The van der Waals surface area contributed by atoms with Gasteiger partial charge in [0.1, 0.15) is 0 Å². The van der Waals surface area contributed by atoms with Gasteiger partial charge in [-0.05, 0) is 58.7 Å². The van der Waals surface area contributed by atoms with Crippen LogP contribution in [-0.2, 0) is 5.41 Å². The molecular weight excluding hydrogens is 541 g/mol. The van der Waals surface area contributed by atoms with Gasteiger partial charge in [-0.1, -0.05) is 111 Å². The summed E-state index contributed by atoms with van der Waals surface area (Å²) in [6, 6.07) is 48.5. The van der Waals surface area contributed by atoms with Gasteiger partial charge in [-0.2, -0.15) is 0 Å². The molecule has 6 aromatic carbocycles. The van der Waals surface area contributed by atoms with Gasteiger partial charge in [0, 0.05) is 42.0 Å². The number of hydrogen-bond donors (Lipinski definition) is 0. The Labute approximate surface area is 254 Å². The fourth-order valence-electron chi connectivity index (χ4n) is 7.05. The van der Waals surface area contributed by atoms with Crippen LogP contribution in [0.2, 0.25) is 0 Å². The maximum absolute atomic E-state index is 5.21. The van der Waals surface area contributed by atoms with Crippen LogP contribution < -0.4 is 0 Å². The van der Waals surface area contributed by atoms with Crippen LogP contribution in [-0.4, -0.2) is 10.3 Å². The largest absolute Gasteiger partial charge is 0.309 e. The van der Waals surface area contributed by atoms with Gasteiger partial charge in [-0.15, -0.1) is 11.3 Å². The predicted molar refractivity (Wildman–Crippen MR) is 185 cm³/mol. The van der Waals surface area contributed by atoms with Gasteiger partial charge >= 0.3 is 0 Å². The predicted octanol–water partition coefficient (Wildman–Crippen LogP) is 11.2. The summed E-state index contributed by atoms with van der Waals surface area (Å²) in [5.74, 6) is 0. The topological polar surface area (TPSA) is 17.3 Å². The Morgan fingerprint density at radius 3 is 2.14 bits per heavy atom. The zero-order valence-corrected chi connectivity index (χ0v) is 24.8. The molecule has 0 saturated carbocycles. The Kier molecular flexibility index (Phi) is 5.15. The summed E-state index contributed by atoms with van der Waals surface area (Å²) in [6.45, 7) is 4.60. The molecule has 0 N–H and O–H groups in total. The summed E-state index contributed by atoms with van der Waals surface area (Å²) in [6.07, 6.45) is 0. The van der Waals surface area contributed by atoms with Gasteiger partial charge in [0.05, 0.1) is 22.4 Å². The smallest absolute Gasteiger partial charge is 0.0682 e. The number of rotatable bonds is 3. The Balaban J connectivity index is 1.21. The average molecular weight is 569 g/mol. The van der Waals surface area contributed by atoms with E-state index in [4.69, 9.17) is 4.99 Å². The molecule has 0 amide bonds. The van der Waals surface area contributed by atoms with E-state index in [-0.39, 0.29) is 5.41 Å². The third kappa shape index (κ3) is 3.55. The van der Waals surface area contributed by atoms with Gasteiger partial charge in [0.2, 0.25) is 0 Å². The zero-order chi connectivity index (χ0) is 28.7. The Morgan fingerprint density at radius 2 is 1.30 bits per heavy atom. The molecule has 2 aromatic heterocycles. The van der Waals surface area contributed by atoms with Crippen molar-refractivity contribution in [2.75, 3.05) is 0 Å². The lowest BCUT2D eigenvalue weighted by atomic mass is 9.79. The van der Waals surface area contributed by atoms with Crippen molar-refractivity contribution in [2.45, 2.75) is 19.3 Å². The fourth-order valence-corrected chi connectivity index (χ4v) is 8.29. The highest BCUT2D eigenvalue weighted by Gasteiger charge is 2.36. The first kappa shape index (κ1) is 24.6. The Morgan fingerprint density at radius 1 is 0.581 bits per heavy atom. The first-order chi connectivity index (χ1) is 21.1. The molecule has 1 aliphatic rings. The summed E-state index contributed by atoms with van der Waals surface area (Å²) in [5, 5.41) is 5.15. The van der Waals surface area contributed by atoms with E-state index in [0.29, 0.717) is 0 Å². The molecule has 2 nitrogen and oxygen atoms in total. The molecule has 0 radical (unpaired) electrons. The molecule has 3 heterocycles. The van der Waals surface area contributed by atoms with Gasteiger partial charge in [0.25, 0.3) is 0 Å². The molecule has 0 atom stereocenters. The van der Waals surface area contributed by atoms with Crippen LogP contribution in [0.25, 0.3) is 58.8 Å². The number of benzene rings is 6. The zero-order valence-electron chi connectivity index (χ0n) is 24.0. The van der Waals surface area contributed by atoms with Gasteiger partial charge in [0.15, 0.2) is 0 Å². The SMILES string of the molecule is CC1(C)C(c2ccccc2)=Nc2cc3c4ccccc4n(-c4ccc(-c5cccc6c5sc5ccccc56)cc4)c3cc21. The third-order valence-corrected chi connectivity index (χ3v) is 10.4. The quantitative estimate of drug-likeness (QED) is 0.202. The molecule has 0 aliphatic carbocycles. The van der Waals surface area contributed by atoms with Crippen molar-refractivity contribution in [2.24, 2.45) is 4.99 Å². The van der Waals surface area contributed by atoms with E-state index in [0.717, 1.165) is 11.4 Å². The maximum Gasteiger partial charge on any atom is 0.0682 e. The lowest BCUT2D eigenvalue weighted by molar-refractivity contribution is 0.738. The minimum Gasteiger partial charge on any atom is -0.309 e. The standard InChI is InChI=1S/C40H28N2S/c1-40(2)33-24-36-32(23-34(33)41-39(40)26-11-4-3-5-12-26)29-13-6-8-17-35(29)42(36)27-21-19-25(20-22-27)28-15-10-16-31-30-14-7-9-18-37(30)43-38(28)31/h3-24H,1-2H3. The number of aromatic nitrogens is 1. The first-order valence-corrected chi connectivity index (χ1v) is 15.6. The monoisotopic (exact) mass is 568 g/mol. The fraction of sp³-hybridized carbons (Fsp3) is 0.0750. The molecule has 0 unspecified atom stereocenters. The van der Waals surface area contributed by atoms with E-state index in [2.05, 4.69) is 152 Å². The minimum atomic E-state index is -0.195. The number of nitrogens with zero attached hydrogens (tertiary/aromatic N) is 2. The molecule has 43 heavy (non-hydrogen) atoms. The molecule has 0 bridgehead atoms. The molecule has 1 aliphatic heterocycles. The van der Waals surface area contributed by atoms with E-state index in [1.807, 2.05) is 11.3 Å². The molecular formula is C40H28N2S. The molecule has 3 heteroatoms. The summed E-state index contributed by atoms with van der Waals surface area (Å²) in [7, 11) is 0. The van der Waals surface area contributed by atoms with Gasteiger partial charge in [-0.25, -0.2) is 0 Å². The average Bonchev–Trinajstić information content (AvgIpc) is 3.67. The molecule has 0 spiro atoms. The lowest BCUT2D eigenvalue weighted by Gasteiger charge is -2.23. The summed E-state index contributed by atoms with van der Waals surface area (Å²) in [5.41, 5.74) is 10.6. The number of aliphatic imine (C=N–C) groups is 1. The first-order valence-electron chi connectivity index (χ1n) is 14.8. The normalized spacial score (nSPS) is 14.1. The maximum atomic E-state index is 5.21. The van der Waals surface area contributed by atoms with Gasteiger partial charge in [-0.3, -0.25) is 4.99 Å². The Bertz CT molecular complexity index is 2400. The van der Waals surface area contributed by atoms with Crippen molar-refractivity contribution in [1.82, 2.24) is 4.57 Å². The molecule has 204 valence electrons. The summed E-state index contributed by atoms with van der Waals surface area (Å²) < 4.78 is 5.10. The molecule has 9 rings (SSSR count). The van der Waals surface area contributed by atoms with Crippen LogP contribution >= 0.6 is 11.3 Å². The van der Waals surface area contributed by atoms with Crippen molar-refractivity contribution in [3.63, 3.8) is 0 Å². The van der Waals surface area contributed by atoms with E-state index < -0.39 is 0 Å². The molecule has 8 aromatic rings. The summed E-state index contributed by atoms with van der Waals surface area (Å²) in [4.78, 5) is 5.21. The van der Waals surface area contributed by atoms with E-state index in [1.54, 1.807) is 0 Å². The number of hydrogen-bond acceptors (Lipinski definition) is 2. The van der Waals surface area contributed by atoms with E-state index >= 15 is 0 Å². The van der Waals surface area contributed by atoms with Crippen LogP contribution in [0.1, 0.15) is 25.0 Å².